The standard InChI is InChI=1S/C40H26N4O/c1-25-21-22-31-35-33(24-23-30-29-19-11-12-20-32(29)44(36(30)35)28-17-9-4-10-18-28)45-37(31)34(25)40-42-38(26-13-5-2-6-14-26)41-39(43-40)27-15-7-3-8-16-27/h2-24H,1H3. The van der Waals surface area contributed by atoms with Crippen LogP contribution in [-0.4, -0.2) is 19.5 Å². The second kappa shape index (κ2) is 10.00. The van der Waals surface area contributed by atoms with E-state index in [2.05, 4.69) is 90.4 Å². The third-order valence-corrected chi connectivity index (χ3v) is 8.58. The molecule has 0 aliphatic heterocycles. The summed E-state index contributed by atoms with van der Waals surface area (Å²) in [5, 5.41) is 4.49. The summed E-state index contributed by atoms with van der Waals surface area (Å²) in [7, 11) is 0. The molecule has 0 unspecified atom stereocenters. The van der Waals surface area contributed by atoms with Crippen LogP contribution in [0.1, 0.15) is 5.56 Å². The highest BCUT2D eigenvalue weighted by Crippen LogP contribution is 2.43. The predicted molar refractivity (Wildman–Crippen MR) is 182 cm³/mol. The third-order valence-electron chi connectivity index (χ3n) is 8.58. The van der Waals surface area contributed by atoms with Crippen LogP contribution in [0.25, 0.3) is 83.6 Å². The molecule has 0 spiro atoms. The van der Waals surface area contributed by atoms with Crippen molar-refractivity contribution < 1.29 is 4.42 Å². The summed E-state index contributed by atoms with van der Waals surface area (Å²) in [6.45, 7) is 2.09. The summed E-state index contributed by atoms with van der Waals surface area (Å²) in [6, 6.07) is 47.8. The number of furan rings is 1. The number of benzene rings is 6. The summed E-state index contributed by atoms with van der Waals surface area (Å²) in [5.41, 5.74) is 8.75. The summed E-state index contributed by atoms with van der Waals surface area (Å²) < 4.78 is 9.14. The topological polar surface area (TPSA) is 56.7 Å². The summed E-state index contributed by atoms with van der Waals surface area (Å²) in [5.74, 6) is 1.84. The minimum Gasteiger partial charge on any atom is -0.455 e. The maximum absolute atomic E-state index is 6.79. The molecular weight excluding hydrogens is 552 g/mol. The van der Waals surface area contributed by atoms with Gasteiger partial charge >= 0.3 is 0 Å². The van der Waals surface area contributed by atoms with E-state index in [1.807, 2.05) is 60.7 Å². The number of nitrogens with zero attached hydrogens (tertiary/aromatic N) is 4. The first-order valence-corrected chi connectivity index (χ1v) is 15.1. The molecule has 0 radical (unpaired) electrons. The van der Waals surface area contributed by atoms with Crippen LogP contribution in [0.4, 0.5) is 0 Å². The highest BCUT2D eigenvalue weighted by atomic mass is 16.3. The first kappa shape index (κ1) is 25.4. The fraction of sp³-hybridized carbons (Fsp3) is 0.0250. The van der Waals surface area contributed by atoms with Crippen molar-refractivity contribution >= 4 is 43.7 Å². The number of rotatable bonds is 4. The molecule has 5 nitrogen and oxygen atoms in total. The fourth-order valence-corrected chi connectivity index (χ4v) is 6.52. The zero-order valence-corrected chi connectivity index (χ0v) is 24.5. The van der Waals surface area contributed by atoms with Crippen molar-refractivity contribution in [1.82, 2.24) is 19.5 Å². The van der Waals surface area contributed by atoms with Gasteiger partial charge in [-0.1, -0.05) is 109 Å². The highest BCUT2D eigenvalue weighted by molar-refractivity contribution is 6.25. The Labute approximate surface area is 259 Å². The molecule has 0 amide bonds. The van der Waals surface area contributed by atoms with Gasteiger partial charge in [0.05, 0.1) is 22.0 Å². The molecule has 9 aromatic rings. The Hall–Kier alpha value is -6.07. The zero-order valence-electron chi connectivity index (χ0n) is 24.5. The number of hydrogen-bond donors (Lipinski definition) is 0. The summed E-state index contributed by atoms with van der Waals surface area (Å²) >= 11 is 0. The lowest BCUT2D eigenvalue weighted by molar-refractivity contribution is 0.669. The van der Waals surface area contributed by atoms with Crippen molar-refractivity contribution in [3.05, 3.63) is 145 Å². The second-order valence-corrected chi connectivity index (χ2v) is 11.3. The van der Waals surface area contributed by atoms with E-state index in [4.69, 9.17) is 19.4 Å². The molecular formula is C40H26N4O. The second-order valence-electron chi connectivity index (χ2n) is 11.3. The van der Waals surface area contributed by atoms with E-state index >= 15 is 0 Å². The minimum absolute atomic E-state index is 0.588. The lowest BCUT2D eigenvalue weighted by Crippen LogP contribution is -2.01. The van der Waals surface area contributed by atoms with E-state index in [9.17, 15) is 0 Å². The molecule has 0 fully saturated rings. The predicted octanol–water partition coefficient (Wildman–Crippen LogP) is 10.2. The van der Waals surface area contributed by atoms with E-state index in [1.54, 1.807) is 0 Å². The Morgan fingerprint density at radius 1 is 0.511 bits per heavy atom. The van der Waals surface area contributed by atoms with Gasteiger partial charge < -0.3 is 8.98 Å². The van der Waals surface area contributed by atoms with Gasteiger partial charge in [-0.15, -0.1) is 0 Å². The number of aromatic nitrogens is 4. The Morgan fingerprint density at radius 3 is 1.78 bits per heavy atom. The van der Waals surface area contributed by atoms with Gasteiger partial charge in [0.15, 0.2) is 17.5 Å². The third kappa shape index (κ3) is 3.98. The molecule has 0 N–H and O–H groups in total. The summed E-state index contributed by atoms with van der Waals surface area (Å²) in [6.07, 6.45) is 0. The Bertz CT molecular complexity index is 2470. The smallest absolute Gasteiger partial charge is 0.168 e. The maximum Gasteiger partial charge on any atom is 0.168 e. The molecule has 3 heterocycles. The molecule has 9 rings (SSSR count). The summed E-state index contributed by atoms with van der Waals surface area (Å²) in [4.78, 5) is 15.0. The van der Waals surface area contributed by atoms with Gasteiger partial charge in [0.25, 0.3) is 0 Å². The normalized spacial score (nSPS) is 11.7. The van der Waals surface area contributed by atoms with Crippen LogP contribution in [-0.2, 0) is 0 Å². The number of para-hydroxylation sites is 2. The van der Waals surface area contributed by atoms with Crippen molar-refractivity contribution in [2.45, 2.75) is 6.92 Å². The number of aryl methyl sites for hydroxylation is 1. The van der Waals surface area contributed by atoms with Crippen LogP contribution in [0.3, 0.4) is 0 Å². The van der Waals surface area contributed by atoms with E-state index in [-0.39, 0.29) is 0 Å². The molecule has 0 aliphatic rings. The molecule has 6 aromatic carbocycles. The lowest BCUT2D eigenvalue weighted by atomic mass is 10.0. The average Bonchev–Trinajstić information content (AvgIpc) is 3.65. The van der Waals surface area contributed by atoms with Crippen LogP contribution >= 0.6 is 0 Å². The molecule has 0 atom stereocenters. The van der Waals surface area contributed by atoms with Crippen molar-refractivity contribution in [3.8, 4) is 39.9 Å². The molecule has 45 heavy (non-hydrogen) atoms. The number of hydrogen-bond acceptors (Lipinski definition) is 4. The molecule has 0 bridgehead atoms. The first-order valence-electron chi connectivity index (χ1n) is 15.1. The Morgan fingerprint density at radius 2 is 1.09 bits per heavy atom. The van der Waals surface area contributed by atoms with Gasteiger partial charge in [0, 0.05) is 33.0 Å². The molecule has 0 aliphatic carbocycles. The monoisotopic (exact) mass is 578 g/mol. The molecule has 0 saturated carbocycles. The van der Waals surface area contributed by atoms with Gasteiger partial charge in [0.2, 0.25) is 0 Å². The maximum atomic E-state index is 6.79. The highest BCUT2D eigenvalue weighted by Gasteiger charge is 2.23. The molecule has 5 heteroatoms. The first-order chi connectivity index (χ1) is 22.2. The van der Waals surface area contributed by atoms with Crippen molar-refractivity contribution in [2.75, 3.05) is 0 Å². The molecule has 212 valence electrons. The Kier molecular flexibility index (Phi) is 5.65. The van der Waals surface area contributed by atoms with E-state index in [0.29, 0.717) is 17.5 Å². The van der Waals surface area contributed by atoms with Gasteiger partial charge in [-0.3, -0.25) is 0 Å². The largest absolute Gasteiger partial charge is 0.455 e. The van der Waals surface area contributed by atoms with Gasteiger partial charge in [-0.2, -0.15) is 0 Å². The van der Waals surface area contributed by atoms with Crippen LogP contribution in [0.15, 0.2) is 144 Å². The van der Waals surface area contributed by atoms with Crippen LogP contribution in [0.5, 0.6) is 0 Å². The lowest BCUT2D eigenvalue weighted by Gasteiger charge is -2.10. The van der Waals surface area contributed by atoms with Crippen LogP contribution in [0.2, 0.25) is 0 Å². The zero-order chi connectivity index (χ0) is 29.9. The Balaban J connectivity index is 1.38. The van der Waals surface area contributed by atoms with Crippen LogP contribution < -0.4 is 0 Å². The van der Waals surface area contributed by atoms with Crippen LogP contribution in [0, 0.1) is 6.92 Å². The van der Waals surface area contributed by atoms with Crippen molar-refractivity contribution in [2.24, 2.45) is 0 Å². The van der Waals surface area contributed by atoms with Crippen molar-refractivity contribution in [3.63, 3.8) is 0 Å². The van der Waals surface area contributed by atoms with Gasteiger partial charge in [-0.25, -0.2) is 15.0 Å². The average molecular weight is 579 g/mol. The quantitative estimate of drug-likeness (QED) is 0.208. The van der Waals surface area contributed by atoms with Gasteiger partial charge in [0.1, 0.15) is 11.2 Å². The van der Waals surface area contributed by atoms with E-state index in [0.717, 1.165) is 60.9 Å². The SMILES string of the molecule is Cc1ccc2c(oc3ccc4c5ccccc5n(-c5ccccc5)c4c32)c1-c1nc(-c2ccccc2)nc(-c2ccccc2)n1. The number of fused-ring (bicyclic) bond motifs is 7. The van der Waals surface area contributed by atoms with E-state index < -0.39 is 0 Å². The molecule has 0 saturated heterocycles. The fourth-order valence-electron chi connectivity index (χ4n) is 6.52. The molecule has 3 aromatic heterocycles. The van der Waals surface area contributed by atoms with E-state index in [1.165, 1.54) is 10.8 Å². The minimum atomic E-state index is 0.588. The van der Waals surface area contributed by atoms with Crippen molar-refractivity contribution in [1.29, 1.82) is 0 Å². The van der Waals surface area contributed by atoms with Gasteiger partial charge in [-0.05, 0) is 42.8 Å².